The van der Waals surface area contributed by atoms with Crippen molar-refractivity contribution < 1.29 is 17.6 Å². The third-order valence-corrected chi connectivity index (χ3v) is 1.90. The Morgan fingerprint density at radius 3 is 2.60 bits per heavy atom. The lowest BCUT2D eigenvalue weighted by molar-refractivity contribution is 0.146. The van der Waals surface area contributed by atoms with Gasteiger partial charge in [-0.1, -0.05) is 12.1 Å². The number of nitrogens with one attached hydrogen (secondary N) is 1. The summed E-state index contributed by atoms with van der Waals surface area (Å²) in [6, 6.07) is 3.84. The minimum Gasteiger partial charge on any atom is -0.311 e. The molecule has 0 saturated heterocycles. The zero-order valence-corrected chi connectivity index (χ0v) is 7.94. The lowest BCUT2D eigenvalue weighted by Crippen LogP contribution is -2.23. The lowest BCUT2D eigenvalue weighted by atomic mass is 10.1. The first-order chi connectivity index (χ1) is 7.11. The summed E-state index contributed by atoms with van der Waals surface area (Å²) in [4.78, 5) is 0. The van der Waals surface area contributed by atoms with Crippen LogP contribution in [0.2, 0.25) is 0 Å². The monoisotopic (exact) mass is 221 g/mol. The molecular weight excluding hydrogens is 210 g/mol. The van der Waals surface area contributed by atoms with Crippen LogP contribution in [0.1, 0.15) is 5.56 Å². The van der Waals surface area contributed by atoms with E-state index in [4.69, 9.17) is 0 Å². The van der Waals surface area contributed by atoms with Crippen LogP contribution in [0.15, 0.2) is 18.2 Å². The fourth-order valence-corrected chi connectivity index (χ4v) is 1.18. The van der Waals surface area contributed by atoms with Crippen molar-refractivity contribution in [1.29, 1.82) is 0 Å². The molecule has 0 spiro atoms. The van der Waals surface area contributed by atoms with Crippen LogP contribution in [-0.4, -0.2) is 19.5 Å². The van der Waals surface area contributed by atoms with Gasteiger partial charge in [-0.25, -0.2) is 17.6 Å². The predicted octanol–water partition coefficient (Wildman–Crippen LogP) is 2.36. The maximum Gasteiger partial charge on any atom is 0.250 e. The van der Waals surface area contributed by atoms with Crippen LogP contribution in [0, 0.1) is 11.6 Å². The van der Waals surface area contributed by atoms with Gasteiger partial charge in [-0.2, -0.15) is 0 Å². The maximum atomic E-state index is 13.0. The number of alkyl halides is 2. The third-order valence-electron chi connectivity index (χ3n) is 1.90. The molecule has 1 rings (SSSR count). The number of hydrogen-bond donors (Lipinski definition) is 1. The molecule has 1 nitrogen and oxygen atoms in total. The Bertz CT molecular complexity index is 314. The molecule has 1 N–H and O–H groups in total. The first-order valence-electron chi connectivity index (χ1n) is 4.53. The molecule has 84 valence electrons. The summed E-state index contributed by atoms with van der Waals surface area (Å²) in [5, 5.41) is 2.44. The summed E-state index contributed by atoms with van der Waals surface area (Å²) in [6.45, 7) is -0.234. The van der Waals surface area contributed by atoms with Gasteiger partial charge in [0.2, 0.25) is 0 Å². The van der Waals surface area contributed by atoms with Gasteiger partial charge in [-0.05, 0) is 24.6 Å². The second-order valence-electron chi connectivity index (χ2n) is 3.06. The van der Waals surface area contributed by atoms with Crippen molar-refractivity contribution in [2.45, 2.75) is 12.8 Å². The SMILES string of the molecule is Fc1cccc(CCNCC(F)F)c1F. The highest BCUT2D eigenvalue weighted by molar-refractivity contribution is 5.19. The first-order valence-corrected chi connectivity index (χ1v) is 4.53. The molecule has 0 radical (unpaired) electrons. The van der Waals surface area contributed by atoms with Gasteiger partial charge in [0, 0.05) is 0 Å². The quantitative estimate of drug-likeness (QED) is 0.594. The van der Waals surface area contributed by atoms with E-state index in [1.807, 2.05) is 0 Å². The van der Waals surface area contributed by atoms with E-state index < -0.39 is 24.6 Å². The van der Waals surface area contributed by atoms with E-state index in [1.165, 1.54) is 12.1 Å². The Hall–Kier alpha value is -1.10. The molecule has 0 atom stereocenters. The van der Waals surface area contributed by atoms with E-state index in [2.05, 4.69) is 5.32 Å². The van der Waals surface area contributed by atoms with Crippen LogP contribution >= 0.6 is 0 Å². The summed E-state index contributed by atoms with van der Waals surface area (Å²) in [6.07, 6.45) is -2.24. The standard InChI is InChI=1S/C10H11F4N/c11-8-3-1-2-7(10(8)14)4-5-15-6-9(12)13/h1-3,9,15H,4-6H2. The number of halogens is 4. The molecule has 0 saturated carbocycles. The van der Waals surface area contributed by atoms with E-state index >= 15 is 0 Å². The summed E-state index contributed by atoms with van der Waals surface area (Å²) >= 11 is 0. The molecule has 5 heteroatoms. The summed E-state index contributed by atoms with van der Waals surface area (Å²) in [5.41, 5.74) is 0.191. The van der Waals surface area contributed by atoms with Gasteiger partial charge in [0.05, 0.1) is 6.54 Å². The molecule has 0 amide bonds. The highest BCUT2D eigenvalue weighted by atomic mass is 19.3. The zero-order valence-electron chi connectivity index (χ0n) is 7.94. The van der Waals surface area contributed by atoms with E-state index in [-0.39, 0.29) is 18.5 Å². The average Bonchev–Trinajstić information content (AvgIpc) is 2.18. The largest absolute Gasteiger partial charge is 0.311 e. The fraction of sp³-hybridized carbons (Fsp3) is 0.400. The van der Waals surface area contributed by atoms with Gasteiger partial charge < -0.3 is 5.32 Å². The van der Waals surface area contributed by atoms with Gasteiger partial charge >= 0.3 is 0 Å². The van der Waals surface area contributed by atoms with Crippen molar-refractivity contribution in [3.8, 4) is 0 Å². The predicted molar refractivity (Wildman–Crippen MR) is 48.9 cm³/mol. The van der Waals surface area contributed by atoms with Crippen molar-refractivity contribution in [2.75, 3.05) is 13.1 Å². The van der Waals surface area contributed by atoms with Crippen molar-refractivity contribution >= 4 is 0 Å². The maximum absolute atomic E-state index is 13.0. The molecule has 1 aromatic carbocycles. The van der Waals surface area contributed by atoms with Gasteiger partial charge in [0.15, 0.2) is 11.6 Å². The highest BCUT2D eigenvalue weighted by Crippen LogP contribution is 2.11. The Morgan fingerprint density at radius 1 is 1.20 bits per heavy atom. The van der Waals surface area contributed by atoms with Gasteiger partial charge in [0.25, 0.3) is 6.43 Å². The summed E-state index contributed by atoms with van der Waals surface area (Å²) in [7, 11) is 0. The van der Waals surface area contributed by atoms with Crippen LogP contribution < -0.4 is 5.32 Å². The molecule has 0 aromatic heterocycles. The second-order valence-corrected chi connectivity index (χ2v) is 3.06. The molecule has 0 bridgehead atoms. The van der Waals surface area contributed by atoms with Crippen LogP contribution in [0.3, 0.4) is 0 Å². The number of rotatable bonds is 5. The first kappa shape index (κ1) is 12.0. The zero-order chi connectivity index (χ0) is 11.3. The molecular formula is C10H11F4N. The van der Waals surface area contributed by atoms with Crippen molar-refractivity contribution in [1.82, 2.24) is 5.32 Å². The van der Waals surface area contributed by atoms with E-state index in [0.717, 1.165) is 6.07 Å². The fourth-order valence-electron chi connectivity index (χ4n) is 1.18. The average molecular weight is 221 g/mol. The topological polar surface area (TPSA) is 12.0 Å². The molecule has 0 aliphatic rings. The Morgan fingerprint density at radius 2 is 1.93 bits per heavy atom. The lowest BCUT2D eigenvalue weighted by Gasteiger charge is -2.05. The normalized spacial score (nSPS) is 11.0. The Kier molecular flexibility index (Phi) is 4.55. The minimum atomic E-state index is -2.43. The molecule has 1 aromatic rings. The van der Waals surface area contributed by atoms with Gasteiger partial charge in [0.1, 0.15) is 0 Å². The summed E-state index contributed by atoms with van der Waals surface area (Å²) in [5.74, 6) is -1.82. The van der Waals surface area contributed by atoms with Crippen LogP contribution in [0.5, 0.6) is 0 Å². The van der Waals surface area contributed by atoms with Crippen molar-refractivity contribution in [2.24, 2.45) is 0 Å². The third kappa shape index (κ3) is 3.87. The van der Waals surface area contributed by atoms with Crippen molar-refractivity contribution in [3.63, 3.8) is 0 Å². The summed E-state index contributed by atoms with van der Waals surface area (Å²) < 4.78 is 49.2. The Labute approximate surface area is 85.1 Å². The molecule has 0 heterocycles. The number of hydrogen-bond acceptors (Lipinski definition) is 1. The van der Waals surface area contributed by atoms with E-state index in [0.29, 0.717) is 0 Å². The van der Waals surface area contributed by atoms with Crippen LogP contribution in [0.25, 0.3) is 0 Å². The smallest absolute Gasteiger partial charge is 0.250 e. The second kappa shape index (κ2) is 5.70. The molecule has 0 aliphatic carbocycles. The van der Waals surface area contributed by atoms with E-state index in [9.17, 15) is 17.6 Å². The molecule has 0 unspecified atom stereocenters. The van der Waals surface area contributed by atoms with Crippen LogP contribution in [0.4, 0.5) is 17.6 Å². The van der Waals surface area contributed by atoms with Gasteiger partial charge in [-0.3, -0.25) is 0 Å². The van der Waals surface area contributed by atoms with Crippen LogP contribution in [-0.2, 0) is 6.42 Å². The van der Waals surface area contributed by atoms with Crippen molar-refractivity contribution in [3.05, 3.63) is 35.4 Å². The van der Waals surface area contributed by atoms with E-state index in [1.54, 1.807) is 0 Å². The molecule has 15 heavy (non-hydrogen) atoms. The Balaban J connectivity index is 2.41. The minimum absolute atomic E-state index is 0.191. The van der Waals surface area contributed by atoms with Gasteiger partial charge in [-0.15, -0.1) is 0 Å². The highest BCUT2D eigenvalue weighted by Gasteiger charge is 2.07. The molecule has 0 fully saturated rings. The number of benzene rings is 1. The molecule has 0 aliphatic heterocycles.